The maximum atomic E-state index is 12.4. The zero-order chi connectivity index (χ0) is 22.7. The third kappa shape index (κ3) is 7.50. The van der Waals surface area contributed by atoms with Crippen LogP contribution in [0.2, 0.25) is 0 Å². The Morgan fingerprint density at radius 1 is 0.690 bits per heavy atom. The molecule has 2 rings (SSSR count). The number of piperidine rings is 2. The molecule has 6 nitrogen and oxygen atoms in total. The molecule has 0 aromatic heterocycles. The van der Waals surface area contributed by atoms with Crippen molar-refractivity contribution in [2.24, 2.45) is 9.98 Å². The van der Waals surface area contributed by atoms with Crippen LogP contribution in [0.15, 0.2) is 9.98 Å². The zero-order valence-corrected chi connectivity index (χ0v) is 21.9. The topological polar surface area (TPSA) is 77.3 Å². The summed E-state index contributed by atoms with van der Waals surface area (Å²) in [4.78, 5) is 9.34. The van der Waals surface area contributed by atoms with Gasteiger partial charge in [0.2, 0.25) is 0 Å². The summed E-state index contributed by atoms with van der Waals surface area (Å²) in [7, 11) is 9.63. The van der Waals surface area contributed by atoms with Crippen LogP contribution in [-0.2, 0) is 15.9 Å². The van der Waals surface area contributed by atoms with Gasteiger partial charge in [0.05, 0.1) is 12.1 Å². The Bertz CT molecular complexity index is 511. The van der Waals surface area contributed by atoms with Gasteiger partial charge in [0.15, 0.2) is 0 Å². The van der Waals surface area contributed by atoms with Crippen LogP contribution < -0.4 is 0 Å². The second kappa shape index (κ2) is 10.4. The Morgan fingerprint density at radius 3 is 1.10 bits per heavy atom. The molecule has 0 aromatic carbocycles. The van der Waals surface area contributed by atoms with Crippen molar-refractivity contribution in [2.75, 3.05) is 0 Å². The number of hydrogen-bond acceptors (Lipinski definition) is 6. The predicted octanol–water partition coefficient (Wildman–Crippen LogP) is 5.54. The summed E-state index contributed by atoms with van der Waals surface area (Å²) < 4.78 is 0. The molecular formula is C20H36Cl2N4O2Pd-2. The zero-order valence-electron chi connectivity index (χ0n) is 18.8. The predicted molar refractivity (Wildman–Crippen MR) is 121 cm³/mol. The molecule has 2 saturated heterocycles. The van der Waals surface area contributed by atoms with Crippen molar-refractivity contribution in [1.29, 1.82) is 0 Å². The van der Waals surface area contributed by atoms with E-state index in [4.69, 9.17) is 19.1 Å². The summed E-state index contributed by atoms with van der Waals surface area (Å²) >= 11 is -0.106. The van der Waals surface area contributed by atoms with Crippen LogP contribution in [0, 0.1) is 10.4 Å². The van der Waals surface area contributed by atoms with Gasteiger partial charge in [0, 0.05) is 34.6 Å². The molecule has 2 fully saturated rings. The minimum absolute atomic E-state index is 0.106. The molecule has 0 atom stereocenters. The van der Waals surface area contributed by atoms with Gasteiger partial charge in [0.25, 0.3) is 0 Å². The monoisotopic (exact) mass is 540 g/mol. The van der Waals surface area contributed by atoms with Gasteiger partial charge in [-0.3, -0.25) is 9.98 Å². The third-order valence-corrected chi connectivity index (χ3v) is 5.80. The molecule has 0 saturated carbocycles. The first kappa shape index (κ1) is 27.5. The van der Waals surface area contributed by atoms with Crippen molar-refractivity contribution in [3.63, 3.8) is 0 Å². The Labute approximate surface area is 192 Å². The Balaban J connectivity index is 0.00000132. The Kier molecular flexibility index (Phi) is 9.81. The average molecular weight is 542 g/mol. The van der Waals surface area contributed by atoms with Crippen molar-refractivity contribution in [2.45, 2.75) is 115 Å². The van der Waals surface area contributed by atoms with E-state index in [0.29, 0.717) is 0 Å². The quantitative estimate of drug-likeness (QED) is 0.347. The van der Waals surface area contributed by atoms with E-state index in [-0.39, 0.29) is 28.0 Å². The molecule has 0 bridgehead atoms. The molecule has 29 heavy (non-hydrogen) atoms. The van der Waals surface area contributed by atoms with E-state index in [9.17, 15) is 10.4 Å². The molecule has 174 valence electrons. The fourth-order valence-electron chi connectivity index (χ4n) is 4.95. The summed E-state index contributed by atoms with van der Waals surface area (Å²) in [5.74, 6) is 0. The van der Waals surface area contributed by atoms with Crippen LogP contribution in [0.3, 0.4) is 0 Å². The van der Waals surface area contributed by atoms with E-state index in [2.05, 4.69) is 9.98 Å². The van der Waals surface area contributed by atoms with Crippen LogP contribution in [0.4, 0.5) is 0 Å². The SMILES string of the molecule is CC1(C)CC(N=CC=NC2CC(C)(C)N([O-])C(C)(C)C2)CC(C)(C)N1[O-].[Cl][Pd][Cl]. The first-order valence-corrected chi connectivity index (χ1v) is 13.9. The number of nitrogens with zero attached hydrogens (tertiary/aromatic N) is 4. The molecule has 0 spiro atoms. The molecule has 0 N–H and O–H groups in total. The number of hydrogen-bond donors (Lipinski definition) is 0. The van der Waals surface area contributed by atoms with Gasteiger partial charge in [-0.1, -0.05) is 0 Å². The van der Waals surface area contributed by atoms with Crippen molar-refractivity contribution in [3.8, 4) is 0 Å². The van der Waals surface area contributed by atoms with Gasteiger partial charge in [-0.2, -0.15) is 0 Å². The van der Waals surface area contributed by atoms with Crippen molar-refractivity contribution in [3.05, 3.63) is 10.4 Å². The van der Waals surface area contributed by atoms with E-state index < -0.39 is 22.2 Å². The molecular weight excluding hydrogens is 506 g/mol. The van der Waals surface area contributed by atoms with Gasteiger partial charge in [-0.15, -0.1) is 0 Å². The third-order valence-electron chi connectivity index (χ3n) is 5.80. The van der Waals surface area contributed by atoms with Gasteiger partial charge < -0.3 is 20.5 Å². The second-order valence-corrected chi connectivity index (χ2v) is 13.0. The molecule has 0 aromatic rings. The number of hydroxylamine groups is 4. The van der Waals surface area contributed by atoms with Gasteiger partial charge >= 0.3 is 35.0 Å². The normalized spacial score (nSPS) is 28.0. The van der Waals surface area contributed by atoms with E-state index in [0.717, 1.165) is 25.7 Å². The van der Waals surface area contributed by atoms with E-state index in [1.54, 1.807) is 12.4 Å². The van der Waals surface area contributed by atoms with Crippen molar-refractivity contribution < 1.29 is 15.9 Å². The van der Waals surface area contributed by atoms with Gasteiger partial charge in [0.1, 0.15) is 0 Å². The molecule has 0 aliphatic carbocycles. The van der Waals surface area contributed by atoms with Crippen molar-refractivity contribution in [1.82, 2.24) is 10.1 Å². The Morgan fingerprint density at radius 2 is 0.897 bits per heavy atom. The molecule has 0 radical (unpaired) electrons. The average Bonchev–Trinajstić information content (AvgIpc) is 2.54. The Hall–Kier alpha value is 0.422. The molecule has 0 amide bonds. The number of rotatable bonds is 3. The first-order valence-electron chi connectivity index (χ1n) is 9.91. The number of halogens is 2. The molecule has 0 unspecified atom stereocenters. The van der Waals surface area contributed by atoms with E-state index >= 15 is 0 Å². The minimum atomic E-state index is -0.407. The summed E-state index contributed by atoms with van der Waals surface area (Å²) in [5.41, 5.74) is -1.63. The number of aliphatic imine (C=N–C) groups is 2. The maximum absolute atomic E-state index is 12.4. The standard InChI is InChI=1S/C20H36N4O2.2ClH.Pd/c1-17(2)11-15(12-18(3,4)23(17)25)21-9-10-22-16-13-19(5,6)24(26)20(7,8)14-16;;;/h9-10,15-16H,11-14H2,1-8H3;2*1H;/q-2;;;+2/p-2. The van der Waals surface area contributed by atoms with Crippen molar-refractivity contribution >= 4 is 31.5 Å². The van der Waals surface area contributed by atoms with E-state index in [1.807, 2.05) is 55.4 Å². The molecule has 2 heterocycles. The summed E-state index contributed by atoms with van der Waals surface area (Å²) in [6, 6.07) is 0.265. The van der Waals surface area contributed by atoms with Crippen LogP contribution in [-0.4, -0.2) is 56.8 Å². The second-order valence-electron chi connectivity index (χ2n) is 10.6. The summed E-state index contributed by atoms with van der Waals surface area (Å²) in [6.45, 7) is 15.9. The molecule has 2 aliphatic heterocycles. The summed E-state index contributed by atoms with van der Waals surface area (Å²) in [6.07, 6.45) is 6.55. The van der Waals surface area contributed by atoms with E-state index in [1.165, 1.54) is 10.1 Å². The van der Waals surface area contributed by atoms with Crippen LogP contribution in [0.25, 0.3) is 0 Å². The van der Waals surface area contributed by atoms with Crippen LogP contribution in [0.5, 0.6) is 0 Å². The molecule has 9 heteroatoms. The van der Waals surface area contributed by atoms with Crippen LogP contribution >= 0.6 is 19.1 Å². The summed E-state index contributed by atoms with van der Waals surface area (Å²) in [5, 5.41) is 27.3. The van der Waals surface area contributed by atoms with Gasteiger partial charge in [-0.25, -0.2) is 0 Å². The fraction of sp³-hybridized carbons (Fsp3) is 0.900. The van der Waals surface area contributed by atoms with Gasteiger partial charge in [-0.05, 0) is 81.1 Å². The molecule has 2 aliphatic rings. The first-order chi connectivity index (χ1) is 13.1. The fourth-order valence-corrected chi connectivity index (χ4v) is 4.95. The van der Waals surface area contributed by atoms with Crippen LogP contribution in [0.1, 0.15) is 81.1 Å².